The first-order valence-corrected chi connectivity index (χ1v) is 6.68. The van der Waals surface area contributed by atoms with Crippen LogP contribution in [0.15, 0.2) is 5.10 Å². The summed E-state index contributed by atoms with van der Waals surface area (Å²) in [5.74, 6) is -0.471. The largest absolute Gasteiger partial charge is 0.281 e. The number of hydrogen-bond donors (Lipinski definition) is 0. The Labute approximate surface area is 104 Å². The van der Waals surface area contributed by atoms with Gasteiger partial charge in [-0.1, -0.05) is 11.8 Å². The van der Waals surface area contributed by atoms with Crippen molar-refractivity contribution >= 4 is 29.1 Å². The second kappa shape index (κ2) is 3.25. The van der Waals surface area contributed by atoms with Crippen LogP contribution in [0, 0.1) is 11.8 Å². The third kappa shape index (κ3) is 1.36. The average molecular weight is 253 g/mol. The fraction of sp³-hybridized carbons (Fsp3) is 0.727. The maximum absolute atomic E-state index is 12.4. The van der Waals surface area contributed by atoms with Crippen molar-refractivity contribution in [3.05, 3.63) is 0 Å². The summed E-state index contributed by atoms with van der Waals surface area (Å²) in [7, 11) is 0. The molecule has 3 heterocycles. The van der Waals surface area contributed by atoms with E-state index < -0.39 is 5.54 Å². The van der Waals surface area contributed by atoms with Gasteiger partial charge in [0.05, 0.1) is 17.4 Å². The van der Waals surface area contributed by atoms with Crippen molar-refractivity contribution in [1.82, 2.24) is 9.91 Å². The molecule has 0 bridgehead atoms. The van der Waals surface area contributed by atoms with E-state index >= 15 is 0 Å². The summed E-state index contributed by atoms with van der Waals surface area (Å²) >= 11 is 1.54. The molecule has 3 atom stereocenters. The van der Waals surface area contributed by atoms with Crippen LogP contribution in [0.1, 0.15) is 20.8 Å². The fourth-order valence-corrected chi connectivity index (χ4v) is 3.89. The highest BCUT2D eigenvalue weighted by Crippen LogP contribution is 2.46. The highest BCUT2D eigenvalue weighted by atomic mass is 32.2. The quantitative estimate of drug-likeness (QED) is 0.597. The lowest BCUT2D eigenvalue weighted by molar-refractivity contribution is -0.146. The van der Waals surface area contributed by atoms with E-state index in [1.54, 1.807) is 17.3 Å². The summed E-state index contributed by atoms with van der Waals surface area (Å²) in [6, 6.07) is 0. The number of fused-ring (bicyclic) bond motifs is 3. The van der Waals surface area contributed by atoms with Crippen molar-refractivity contribution in [3.8, 4) is 0 Å². The Morgan fingerprint density at radius 2 is 2.06 bits per heavy atom. The molecule has 2 saturated heterocycles. The molecule has 0 aromatic heterocycles. The van der Waals surface area contributed by atoms with E-state index in [0.29, 0.717) is 6.54 Å². The number of amides is 2. The molecule has 0 unspecified atom stereocenters. The van der Waals surface area contributed by atoms with Gasteiger partial charge in [-0.15, -0.1) is 0 Å². The predicted molar refractivity (Wildman–Crippen MR) is 65.2 cm³/mol. The van der Waals surface area contributed by atoms with E-state index in [0.717, 1.165) is 0 Å². The van der Waals surface area contributed by atoms with E-state index in [2.05, 4.69) is 5.10 Å². The molecule has 3 aliphatic rings. The van der Waals surface area contributed by atoms with E-state index in [1.165, 1.54) is 4.90 Å². The lowest BCUT2D eigenvalue weighted by Gasteiger charge is -2.31. The van der Waals surface area contributed by atoms with Crippen molar-refractivity contribution in [3.63, 3.8) is 0 Å². The molecule has 0 aliphatic carbocycles. The molecule has 2 amide bonds. The lowest BCUT2D eigenvalue weighted by atomic mass is 9.99. The third-order valence-electron chi connectivity index (χ3n) is 3.53. The first-order valence-electron chi connectivity index (χ1n) is 5.74. The van der Waals surface area contributed by atoms with Gasteiger partial charge in [-0.05, 0) is 20.8 Å². The Hall–Kier alpha value is -1.04. The minimum atomic E-state index is -0.423. The number of nitrogens with zero attached hydrogens (tertiary/aromatic N) is 3. The number of likely N-dealkylation sites (tertiary alicyclic amines) is 1. The molecule has 0 N–H and O–H groups in total. The zero-order valence-corrected chi connectivity index (χ0v) is 10.9. The molecule has 0 aromatic rings. The second-order valence-electron chi connectivity index (χ2n) is 5.68. The highest BCUT2D eigenvalue weighted by molar-refractivity contribution is 8.12. The van der Waals surface area contributed by atoms with Crippen LogP contribution in [0.2, 0.25) is 0 Å². The van der Waals surface area contributed by atoms with Gasteiger partial charge in [0.2, 0.25) is 11.8 Å². The molecule has 17 heavy (non-hydrogen) atoms. The Morgan fingerprint density at radius 3 is 2.71 bits per heavy atom. The van der Waals surface area contributed by atoms with Crippen LogP contribution in [-0.2, 0) is 9.59 Å². The van der Waals surface area contributed by atoms with Gasteiger partial charge in [-0.2, -0.15) is 5.10 Å². The molecule has 92 valence electrons. The third-order valence-corrected chi connectivity index (χ3v) is 4.56. The maximum atomic E-state index is 12.4. The molecular weight excluding hydrogens is 238 g/mol. The van der Waals surface area contributed by atoms with Crippen LogP contribution in [-0.4, -0.2) is 44.7 Å². The molecule has 0 radical (unpaired) electrons. The Kier molecular flexibility index (Phi) is 2.12. The Morgan fingerprint density at radius 1 is 1.35 bits per heavy atom. The van der Waals surface area contributed by atoms with E-state index in [9.17, 15) is 9.59 Å². The van der Waals surface area contributed by atoms with E-state index in [4.69, 9.17) is 0 Å². The molecule has 3 aliphatic heterocycles. The van der Waals surface area contributed by atoms with E-state index in [1.807, 2.05) is 25.8 Å². The van der Waals surface area contributed by atoms with Crippen molar-refractivity contribution in [2.24, 2.45) is 16.9 Å². The SMILES string of the molecule is CC(C)(C)N1C(=O)[C@H]2[C@H](CN3N=CS[C@@H]23)C1=O. The monoisotopic (exact) mass is 253 g/mol. The van der Waals surface area contributed by atoms with Crippen LogP contribution in [0.5, 0.6) is 0 Å². The van der Waals surface area contributed by atoms with Crippen molar-refractivity contribution < 1.29 is 9.59 Å². The molecule has 5 nitrogen and oxygen atoms in total. The maximum Gasteiger partial charge on any atom is 0.236 e. The van der Waals surface area contributed by atoms with Crippen molar-refractivity contribution in [1.29, 1.82) is 0 Å². The molecule has 0 spiro atoms. The first kappa shape index (κ1) is 11.1. The number of hydrazone groups is 1. The van der Waals surface area contributed by atoms with Gasteiger partial charge < -0.3 is 0 Å². The fourth-order valence-electron chi connectivity index (χ4n) is 2.83. The predicted octanol–water partition coefficient (Wildman–Crippen LogP) is 0.718. The number of carbonyl (C=O) groups excluding carboxylic acids is 2. The topological polar surface area (TPSA) is 53.0 Å². The molecule has 3 rings (SSSR count). The van der Waals surface area contributed by atoms with Gasteiger partial charge in [0.15, 0.2) is 0 Å². The number of carbonyl (C=O) groups is 2. The number of rotatable bonds is 0. The summed E-state index contributed by atoms with van der Waals surface area (Å²) in [5, 5.41) is 6.09. The number of hydrogen-bond acceptors (Lipinski definition) is 5. The number of thioether (sulfide) groups is 1. The summed E-state index contributed by atoms with van der Waals surface area (Å²) in [5.41, 5.74) is 1.34. The van der Waals surface area contributed by atoms with E-state index in [-0.39, 0.29) is 29.0 Å². The van der Waals surface area contributed by atoms with Crippen molar-refractivity contribution in [2.75, 3.05) is 6.54 Å². The summed E-state index contributed by atoms with van der Waals surface area (Å²) in [4.78, 5) is 26.1. The molecule has 0 aromatic carbocycles. The Balaban J connectivity index is 1.95. The second-order valence-corrected chi connectivity index (χ2v) is 6.65. The van der Waals surface area contributed by atoms with Crippen LogP contribution in [0.3, 0.4) is 0 Å². The van der Waals surface area contributed by atoms with Crippen LogP contribution >= 0.6 is 11.8 Å². The number of imide groups is 1. The summed E-state index contributed by atoms with van der Waals surface area (Å²) in [6.45, 7) is 6.29. The van der Waals surface area contributed by atoms with Crippen LogP contribution in [0.25, 0.3) is 0 Å². The first-order chi connectivity index (χ1) is 7.91. The normalized spacial score (nSPS) is 35.8. The van der Waals surface area contributed by atoms with Gasteiger partial charge >= 0.3 is 0 Å². The van der Waals surface area contributed by atoms with Crippen molar-refractivity contribution in [2.45, 2.75) is 31.7 Å². The molecule has 0 saturated carbocycles. The zero-order chi connectivity index (χ0) is 12.4. The van der Waals surface area contributed by atoms with Crippen LogP contribution in [0.4, 0.5) is 0 Å². The standard InChI is InChI=1S/C11H15N3O2S/c1-11(2,3)14-8(15)6-4-13-10(17-5-12-13)7(6)9(14)16/h5-7,10H,4H2,1-3H3/t6-,7+,10-/m0/s1. The van der Waals surface area contributed by atoms with Gasteiger partial charge in [0.25, 0.3) is 0 Å². The summed E-state index contributed by atoms with van der Waals surface area (Å²) in [6.07, 6.45) is 0. The van der Waals surface area contributed by atoms with Crippen LogP contribution < -0.4 is 0 Å². The Bertz CT molecular complexity index is 429. The molecular formula is C11H15N3O2S. The van der Waals surface area contributed by atoms with Gasteiger partial charge in [0.1, 0.15) is 5.37 Å². The average Bonchev–Trinajstić information content (AvgIpc) is 2.76. The minimum Gasteiger partial charge on any atom is -0.281 e. The molecule has 2 fully saturated rings. The zero-order valence-electron chi connectivity index (χ0n) is 10.1. The highest BCUT2D eigenvalue weighted by Gasteiger charge is 2.60. The lowest BCUT2D eigenvalue weighted by Crippen LogP contribution is -2.48. The smallest absolute Gasteiger partial charge is 0.236 e. The molecule has 6 heteroatoms. The minimum absolute atomic E-state index is 0.0296. The summed E-state index contributed by atoms with van der Waals surface area (Å²) < 4.78 is 0. The van der Waals surface area contributed by atoms with Gasteiger partial charge in [-0.25, -0.2) is 0 Å². The van der Waals surface area contributed by atoms with Gasteiger partial charge in [0, 0.05) is 12.1 Å². The van der Waals surface area contributed by atoms with Gasteiger partial charge in [-0.3, -0.25) is 19.5 Å².